The molecule has 1 heterocycles. The fraction of sp³-hybridized carbons (Fsp3) is 0.286. The molecule has 0 unspecified atom stereocenters. The Labute approximate surface area is 135 Å². The first-order chi connectivity index (χ1) is 10.6. The van der Waals surface area contributed by atoms with E-state index in [1.165, 1.54) is 11.3 Å². The molecule has 1 aromatic carbocycles. The van der Waals surface area contributed by atoms with Gasteiger partial charge in [-0.2, -0.15) is 0 Å². The maximum absolute atomic E-state index is 11.9. The van der Waals surface area contributed by atoms with E-state index in [-0.39, 0.29) is 18.4 Å². The first-order valence-corrected chi connectivity index (χ1v) is 7.98. The summed E-state index contributed by atoms with van der Waals surface area (Å²) in [5.41, 5.74) is 0.409. The van der Waals surface area contributed by atoms with Crippen LogP contribution in [0.15, 0.2) is 24.3 Å². The first kappa shape index (κ1) is 14.9. The van der Waals surface area contributed by atoms with Crippen molar-refractivity contribution in [2.24, 2.45) is 0 Å². The lowest BCUT2D eigenvalue weighted by atomic mass is 10.2. The van der Waals surface area contributed by atoms with Crippen LogP contribution in [0.3, 0.4) is 0 Å². The summed E-state index contributed by atoms with van der Waals surface area (Å²) in [6.07, 6.45) is 2.27. The number of carbonyl (C=O) groups excluding carboxylic acids is 2. The van der Waals surface area contributed by atoms with Crippen molar-refractivity contribution >= 4 is 39.9 Å². The second-order valence-electron chi connectivity index (χ2n) is 4.96. The summed E-state index contributed by atoms with van der Waals surface area (Å²) in [6, 6.07) is 6.53. The van der Waals surface area contributed by atoms with Gasteiger partial charge >= 0.3 is 0 Å². The van der Waals surface area contributed by atoms with Gasteiger partial charge in [-0.25, -0.2) is 0 Å². The van der Waals surface area contributed by atoms with Crippen LogP contribution in [0, 0.1) is 0 Å². The van der Waals surface area contributed by atoms with Crippen LogP contribution in [-0.2, 0) is 4.79 Å². The molecule has 2 amide bonds. The summed E-state index contributed by atoms with van der Waals surface area (Å²) in [5.74, 6) is -0.187. The minimum absolute atomic E-state index is 0.135. The Morgan fingerprint density at radius 3 is 2.86 bits per heavy atom. The van der Waals surface area contributed by atoms with Crippen molar-refractivity contribution in [1.29, 1.82) is 0 Å². The maximum Gasteiger partial charge on any atom is 0.251 e. The number of rotatable bonds is 5. The second kappa shape index (κ2) is 6.41. The van der Waals surface area contributed by atoms with Gasteiger partial charge in [-0.3, -0.25) is 14.9 Å². The molecule has 0 bridgehead atoms. The van der Waals surface area contributed by atoms with Gasteiger partial charge in [0.1, 0.15) is 5.01 Å². The number of anilines is 1. The molecule has 1 aliphatic rings. The van der Waals surface area contributed by atoms with Crippen molar-refractivity contribution in [3.05, 3.63) is 39.9 Å². The molecule has 0 spiro atoms. The topological polar surface area (TPSA) is 84.0 Å². The standard InChI is InChI=1S/C14H13ClN4O2S/c15-10-3-1-2-9(6-10)12(21)16-7-11(20)17-14-19-18-13(22-14)8-4-5-8/h1-3,6,8H,4-5,7H2,(H,16,21)(H,17,19,20). The normalized spacial score (nSPS) is 13.7. The van der Waals surface area contributed by atoms with Crippen LogP contribution in [0.5, 0.6) is 0 Å². The summed E-state index contributed by atoms with van der Waals surface area (Å²) >= 11 is 7.20. The van der Waals surface area contributed by atoms with Crippen molar-refractivity contribution < 1.29 is 9.59 Å². The predicted molar refractivity (Wildman–Crippen MR) is 84.3 cm³/mol. The zero-order valence-corrected chi connectivity index (χ0v) is 13.1. The van der Waals surface area contributed by atoms with Crippen LogP contribution < -0.4 is 10.6 Å². The smallest absolute Gasteiger partial charge is 0.251 e. The lowest BCUT2D eigenvalue weighted by molar-refractivity contribution is -0.115. The SMILES string of the molecule is O=C(CNC(=O)c1cccc(Cl)c1)Nc1nnc(C2CC2)s1. The van der Waals surface area contributed by atoms with Crippen LogP contribution in [0.1, 0.15) is 34.1 Å². The van der Waals surface area contributed by atoms with Gasteiger partial charge in [0.05, 0.1) is 6.54 Å². The Hall–Kier alpha value is -1.99. The highest BCUT2D eigenvalue weighted by Crippen LogP contribution is 2.41. The Balaban J connectivity index is 1.50. The summed E-state index contributed by atoms with van der Waals surface area (Å²) in [6.45, 7) is -0.135. The highest BCUT2D eigenvalue weighted by atomic mass is 35.5. The van der Waals surface area contributed by atoms with Gasteiger partial charge in [0.2, 0.25) is 11.0 Å². The molecule has 114 valence electrons. The number of hydrogen-bond acceptors (Lipinski definition) is 5. The molecule has 2 N–H and O–H groups in total. The highest BCUT2D eigenvalue weighted by Gasteiger charge is 2.27. The number of benzene rings is 1. The molecule has 2 aromatic rings. The third-order valence-electron chi connectivity index (χ3n) is 3.11. The van der Waals surface area contributed by atoms with E-state index in [2.05, 4.69) is 20.8 Å². The minimum Gasteiger partial charge on any atom is -0.343 e. The van der Waals surface area contributed by atoms with Gasteiger partial charge in [0.25, 0.3) is 5.91 Å². The van der Waals surface area contributed by atoms with E-state index in [0.717, 1.165) is 17.8 Å². The van der Waals surface area contributed by atoms with E-state index in [1.807, 2.05) is 0 Å². The summed E-state index contributed by atoms with van der Waals surface area (Å²) in [4.78, 5) is 23.7. The van der Waals surface area contributed by atoms with Crippen LogP contribution >= 0.6 is 22.9 Å². The molecular weight excluding hydrogens is 324 g/mol. The molecule has 6 nitrogen and oxygen atoms in total. The van der Waals surface area contributed by atoms with E-state index in [1.54, 1.807) is 24.3 Å². The molecule has 3 rings (SSSR count). The quantitative estimate of drug-likeness (QED) is 0.878. The van der Waals surface area contributed by atoms with E-state index < -0.39 is 0 Å². The predicted octanol–water partition coefficient (Wildman–Crippen LogP) is 2.44. The fourth-order valence-electron chi connectivity index (χ4n) is 1.84. The largest absolute Gasteiger partial charge is 0.343 e. The molecule has 0 saturated heterocycles. The average molecular weight is 337 g/mol. The third-order valence-corrected chi connectivity index (χ3v) is 4.35. The van der Waals surface area contributed by atoms with Crippen LogP contribution in [0.4, 0.5) is 5.13 Å². The van der Waals surface area contributed by atoms with Crippen molar-refractivity contribution in [2.75, 3.05) is 11.9 Å². The first-order valence-electron chi connectivity index (χ1n) is 6.79. The van der Waals surface area contributed by atoms with Gasteiger partial charge in [-0.1, -0.05) is 29.0 Å². The van der Waals surface area contributed by atoms with E-state index in [4.69, 9.17) is 11.6 Å². The number of nitrogens with one attached hydrogen (secondary N) is 2. The van der Waals surface area contributed by atoms with Gasteiger partial charge in [0.15, 0.2) is 0 Å². The Kier molecular flexibility index (Phi) is 4.35. The molecule has 0 radical (unpaired) electrons. The Bertz CT molecular complexity index is 714. The zero-order chi connectivity index (χ0) is 15.5. The lowest BCUT2D eigenvalue weighted by Gasteiger charge is -2.05. The molecule has 22 heavy (non-hydrogen) atoms. The molecule has 1 aromatic heterocycles. The number of amides is 2. The number of aromatic nitrogens is 2. The molecule has 1 aliphatic carbocycles. The van der Waals surface area contributed by atoms with Gasteiger partial charge in [-0.15, -0.1) is 10.2 Å². The Morgan fingerprint density at radius 1 is 1.32 bits per heavy atom. The van der Waals surface area contributed by atoms with Crippen molar-refractivity contribution in [2.45, 2.75) is 18.8 Å². The molecular formula is C14H13ClN4O2S. The third kappa shape index (κ3) is 3.80. The number of nitrogens with zero attached hydrogens (tertiary/aromatic N) is 2. The minimum atomic E-state index is -0.353. The van der Waals surface area contributed by atoms with Gasteiger partial charge in [0, 0.05) is 16.5 Å². The Morgan fingerprint density at radius 2 is 2.14 bits per heavy atom. The molecule has 0 aliphatic heterocycles. The summed E-state index contributed by atoms with van der Waals surface area (Å²) < 4.78 is 0. The molecule has 8 heteroatoms. The number of carbonyl (C=O) groups is 2. The van der Waals surface area contributed by atoms with E-state index in [0.29, 0.717) is 21.6 Å². The maximum atomic E-state index is 11.9. The number of halogens is 1. The molecule has 0 atom stereocenters. The second-order valence-corrected chi connectivity index (χ2v) is 6.41. The average Bonchev–Trinajstić information content (AvgIpc) is 3.25. The monoisotopic (exact) mass is 336 g/mol. The molecule has 1 fully saturated rings. The van der Waals surface area contributed by atoms with Crippen molar-refractivity contribution in [3.63, 3.8) is 0 Å². The van der Waals surface area contributed by atoms with Crippen LogP contribution in [0.2, 0.25) is 5.02 Å². The van der Waals surface area contributed by atoms with Crippen molar-refractivity contribution in [3.8, 4) is 0 Å². The molecule has 1 saturated carbocycles. The van der Waals surface area contributed by atoms with E-state index in [9.17, 15) is 9.59 Å². The zero-order valence-electron chi connectivity index (χ0n) is 11.5. The van der Waals surface area contributed by atoms with Gasteiger partial charge < -0.3 is 5.32 Å². The van der Waals surface area contributed by atoms with Crippen LogP contribution in [-0.4, -0.2) is 28.6 Å². The van der Waals surface area contributed by atoms with Gasteiger partial charge in [-0.05, 0) is 31.0 Å². The van der Waals surface area contributed by atoms with Crippen molar-refractivity contribution in [1.82, 2.24) is 15.5 Å². The van der Waals surface area contributed by atoms with Crippen LogP contribution in [0.25, 0.3) is 0 Å². The highest BCUT2D eigenvalue weighted by molar-refractivity contribution is 7.15. The summed E-state index contributed by atoms with van der Waals surface area (Å²) in [5, 5.41) is 15.0. The lowest BCUT2D eigenvalue weighted by Crippen LogP contribution is -2.32. The fourth-order valence-corrected chi connectivity index (χ4v) is 2.96. The summed E-state index contributed by atoms with van der Waals surface area (Å²) in [7, 11) is 0. The number of hydrogen-bond donors (Lipinski definition) is 2. The van der Waals surface area contributed by atoms with E-state index >= 15 is 0 Å².